The van der Waals surface area contributed by atoms with Crippen molar-refractivity contribution < 1.29 is 14.6 Å². The Labute approximate surface area is 143 Å². The first-order valence-corrected chi connectivity index (χ1v) is 7.94. The highest BCUT2D eigenvalue weighted by atomic mass is 16.5. The average molecular weight is 345 g/mol. The third-order valence-corrected chi connectivity index (χ3v) is 4.03. The lowest BCUT2D eigenvalue weighted by Crippen LogP contribution is -2.34. The number of aromatic hydroxyl groups is 1. The summed E-state index contributed by atoms with van der Waals surface area (Å²) in [5, 5.41) is 10.3. The van der Waals surface area contributed by atoms with Crippen molar-refractivity contribution in [2.45, 2.75) is 25.5 Å². The molecule has 1 aliphatic rings. The molecule has 1 aromatic carbocycles. The number of aromatic nitrogens is 2. The highest BCUT2D eigenvalue weighted by Gasteiger charge is 2.20. The number of aliphatic imine (C=N–C) groups is 1. The summed E-state index contributed by atoms with van der Waals surface area (Å²) in [4.78, 5) is 30.4. The van der Waals surface area contributed by atoms with E-state index in [1.165, 1.54) is 6.21 Å². The second-order valence-corrected chi connectivity index (χ2v) is 5.70. The van der Waals surface area contributed by atoms with Gasteiger partial charge in [0, 0.05) is 12.8 Å². The molecule has 0 unspecified atom stereocenters. The van der Waals surface area contributed by atoms with Crippen molar-refractivity contribution in [1.82, 2.24) is 9.55 Å². The molecule has 0 radical (unpaired) electrons. The number of aromatic amines is 1. The highest BCUT2D eigenvalue weighted by molar-refractivity contribution is 5.84. The molecule has 8 heteroatoms. The maximum Gasteiger partial charge on any atom is 0.331 e. The van der Waals surface area contributed by atoms with Crippen LogP contribution in [0.15, 0.2) is 38.8 Å². The van der Waals surface area contributed by atoms with Gasteiger partial charge in [-0.3, -0.25) is 19.3 Å². The zero-order valence-electron chi connectivity index (χ0n) is 13.8. The Hall–Kier alpha value is -2.87. The van der Waals surface area contributed by atoms with Crippen molar-refractivity contribution in [2.75, 3.05) is 13.7 Å². The van der Waals surface area contributed by atoms with Crippen molar-refractivity contribution in [2.24, 2.45) is 4.99 Å². The summed E-state index contributed by atoms with van der Waals surface area (Å²) >= 11 is 0. The Bertz CT molecular complexity index is 877. The van der Waals surface area contributed by atoms with Crippen molar-refractivity contribution in [3.63, 3.8) is 0 Å². The maximum atomic E-state index is 12.0. The Kier molecular flexibility index (Phi) is 4.99. The summed E-state index contributed by atoms with van der Waals surface area (Å²) in [6, 6.07) is 6.89. The van der Waals surface area contributed by atoms with Crippen LogP contribution >= 0.6 is 0 Å². The minimum Gasteiger partial charge on any atom is -0.497 e. The first-order chi connectivity index (χ1) is 12.1. The fourth-order valence-corrected chi connectivity index (χ4v) is 2.66. The van der Waals surface area contributed by atoms with Gasteiger partial charge in [-0.1, -0.05) is 0 Å². The molecule has 2 N–H and O–H groups in total. The minimum absolute atomic E-state index is 0.0755. The first kappa shape index (κ1) is 17.0. The maximum absolute atomic E-state index is 12.0. The van der Waals surface area contributed by atoms with Gasteiger partial charge in [0.15, 0.2) is 0 Å². The molecule has 1 atom stereocenters. The number of benzene rings is 1. The van der Waals surface area contributed by atoms with Gasteiger partial charge in [0.1, 0.15) is 11.3 Å². The van der Waals surface area contributed by atoms with Gasteiger partial charge in [-0.25, -0.2) is 4.79 Å². The van der Waals surface area contributed by atoms with Gasteiger partial charge < -0.3 is 14.6 Å². The Morgan fingerprint density at radius 1 is 1.40 bits per heavy atom. The van der Waals surface area contributed by atoms with Crippen LogP contribution in [0, 0.1) is 0 Å². The standard InChI is InChI=1S/C17H19N3O5/c1-24-12-6-4-11(5-7-12)18-9-14-15(21)19-17(23)20(16(14)22)10-13-3-2-8-25-13/h4-7,9,13,22H,2-3,8,10H2,1H3,(H,19,21,23)/t13-/m0/s1. The summed E-state index contributed by atoms with van der Waals surface area (Å²) < 4.78 is 11.6. The van der Waals surface area contributed by atoms with Gasteiger partial charge in [0.25, 0.3) is 5.56 Å². The summed E-state index contributed by atoms with van der Waals surface area (Å²) in [5.74, 6) is 0.270. The summed E-state index contributed by atoms with van der Waals surface area (Å²) in [5.41, 5.74) is -0.854. The third-order valence-electron chi connectivity index (χ3n) is 4.03. The van der Waals surface area contributed by atoms with E-state index < -0.39 is 17.1 Å². The Morgan fingerprint density at radius 2 is 2.16 bits per heavy atom. The lowest BCUT2D eigenvalue weighted by molar-refractivity contribution is 0.0934. The summed E-state index contributed by atoms with van der Waals surface area (Å²) in [6.45, 7) is 0.820. The number of methoxy groups -OCH3 is 1. The number of nitrogens with one attached hydrogen (secondary N) is 1. The molecule has 1 aromatic heterocycles. The molecule has 2 aromatic rings. The molecular formula is C17H19N3O5. The largest absolute Gasteiger partial charge is 0.497 e. The lowest BCUT2D eigenvalue weighted by Gasteiger charge is -2.13. The third kappa shape index (κ3) is 3.80. The van der Waals surface area contributed by atoms with Crippen LogP contribution in [0.25, 0.3) is 0 Å². The predicted molar refractivity (Wildman–Crippen MR) is 92.2 cm³/mol. The van der Waals surface area contributed by atoms with E-state index >= 15 is 0 Å². The number of ether oxygens (including phenoxy) is 2. The Balaban J connectivity index is 1.90. The van der Waals surface area contributed by atoms with Crippen LogP contribution in [0.4, 0.5) is 5.69 Å². The fraction of sp³-hybridized carbons (Fsp3) is 0.353. The zero-order chi connectivity index (χ0) is 17.8. The number of rotatable bonds is 5. The molecule has 0 bridgehead atoms. The van der Waals surface area contributed by atoms with Crippen molar-refractivity contribution in [3.05, 3.63) is 50.7 Å². The number of hydrogen-bond acceptors (Lipinski definition) is 6. The van der Waals surface area contributed by atoms with E-state index in [1.54, 1.807) is 31.4 Å². The van der Waals surface area contributed by atoms with Crippen LogP contribution in [0.3, 0.4) is 0 Å². The van der Waals surface area contributed by atoms with E-state index in [-0.39, 0.29) is 18.2 Å². The summed E-state index contributed by atoms with van der Waals surface area (Å²) in [6.07, 6.45) is 2.80. The molecular weight excluding hydrogens is 326 g/mol. The van der Waals surface area contributed by atoms with Gasteiger partial charge in [-0.2, -0.15) is 0 Å². The van der Waals surface area contributed by atoms with Crippen molar-refractivity contribution in [1.29, 1.82) is 0 Å². The molecule has 2 heterocycles. The Morgan fingerprint density at radius 3 is 2.80 bits per heavy atom. The van der Waals surface area contributed by atoms with Crippen LogP contribution < -0.4 is 16.0 Å². The van der Waals surface area contributed by atoms with E-state index in [4.69, 9.17) is 9.47 Å². The topological polar surface area (TPSA) is 106 Å². The number of nitrogens with zero attached hydrogens (tertiary/aromatic N) is 2. The van der Waals surface area contributed by atoms with E-state index in [0.29, 0.717) is 18.0 Å². The highest BCUT2D eigenvalue weighted by Crippen LogP contribution is 2.19. The van der Waals surface area contributed by atoms with Crippen molar-refractivity contribution in [3.8, 4) is 11.6 Å². The molecule has 3 rings (SSSR count). The lowest BCUT2D eigenvalue weighted by atomic mass is 10.2. The van der Waals surface area contributed by atoms with Crippen LogP contribution in [0.2, 0.25) is 0 Å². The van der Waals surface area contributed by atoms with Crippen molar-refractivity contribution >= 4 is 11.9 Å². The van der Waals surface area contributed by atoms with E-state index in [0.717, 1.165) is 17.4 Å². The molecule has 0 saturated carbocycles. The number of H-pyrrole nitrogens is 1. The van der Waals surface area contributed by atoms with Gasteiger partial charge in [0.05, 0.1) is 25.4 Å². The second kappa shape index (κ2) is 7.35. The molecule has 0 spiro atoms. The smallest absolute Gasteiger partial charge is 0.331 e. The quantitative estimate of drug-likeness (QED) is 0.792. The molecule has 25 heavy (non-hydrogen) atoms. The SMILES string of the molecule is COc1ccc(N=Cc2c(O)n(C[C@@H]3CCCO3)c(=O)[nH]c2=O)cc1. The van der Waals surface area contributed by atoms with E-state index in [2.05, 4.69) is 9.98 Å². The van der Waals surface area contributed by atoms with Crippen LogP contribution in [0.1, 0.15) is 18.4 Å². The average Bonchev–Trinajstić information content (AvgIpc) is 3.12. The molecule has 0 amide bonds. The van der Waals surface area contributed by atoms with Gasteiger partial charge >= 0.3 is 5.69 Å². The predicted octanol–water partition coefficient (Wildman–Crippen LogP) is 1.18. The first-order valence-electron chi connectivity index (χ1n) is 7.94. The molecule has 8 nitrogen and oxygen atoms in total. The molecule has 1 fully saturated rings. The second-order valence-electron chi connectivity index (χ2n) is 5.70. The summed E-state index contributed by atoms with van der Waals surface area (Å²) in [7, 11) is 1.56. The molecule has 1 aliphatic heterocycles. The normalized spacial score (nSPS) is 17.2. The van der Waals surface area contributed by atoms with Gasteiger partial charge in [-0.05, 0) is 37.1 Å². The van der Waals surface area contributed by atoms with Crippen LogP contribution in [-0.4, -0.2) is 40.7 Å². The number of hydrogen-bond donors (Lipinski definition) is 2. The van der Waals surface area contributed by atoms with E-state index in [1.807, 2.05) is 0 Å². The van der Waals surface area contributed by atoms with E-state index in [9.17, 15) is 14.7 Å². The van der Waals surface area contributed by atoms with Gasteiger partial charge in [-0.15, -0.1) is 0 Å². The molecule has 132 valence electrons. The van der Waals surface area contributed by atoms with Crippen LogP contribution in [0.5, 0.6) is 11.6 Å². The fourth-order valence-electron chi connectivity index (χ4n) is 2.66. The zero-order valence-corrected chi connectivity index (χ0v) is 13.8. The monoisotopic (exact) mass is 345 g/mol. The molecule has 1 saturated heterocycles. The molecule has 0 aliphatic carbocycles. The van der Waals surface area contributed by atoms with Gasteiger partial charge in [0.2, 0.25) is 5.88 Å². The van der Waals surface area contributed by atoms with Crippen LogP contribution in [-0.2, 0) is 11.3 Å². The minimum atomic E-state index is -0.691.